The van der Waals surface area contributed by atoms with Crippen LogP contribution in [0.4, 0.5) is 0 Å². The Kier molecular flexibility index (Phi) is 19.8. The molecule has 16 nitrogen and oxygen atoms in total. The van der Waals surface area contributed by atoms with Crippen molar-refractivity contribution in [2.45, 2.75) is 140 Å². The minimum absolute atomic E-state index is 0.0396. The third-order valence-corrected chi connectivity index (χ3v) is 10.1. The van der Waals surface area contributed by atoms with Crippen LogP contribution in [-0.4, -0.2) is 132 Å². The normalized spacial score (nSPS) is 29.6. The van der Waals surface area contributed by atoms with E-state index in [0.717, 1.165) is 50.3 Å². The van der Waals surface area contributed by atoms with E-state index in [9.17, 15) is 55.5 Å². The molecule has 9 N–H and O–H groups in total. The SMILES string of the molecule is CCCCCC=C/C=C/C(=O)OCC1OC(OC2C(CO)OC(c3c(O)cc(O)cc3CO)C(O)C2OC(=O)C(C)=CC=CCC(O)C(C)CC)C(O)C(O)C1O. The highest BCUT2D eigenvalue weighted by Crippen LogP contribution is 2.42. The molecule has 12 unspecified atom stereocenters. The second kappa shape index (κ2) is 23.7. The number of hydrogen-bond acceptors (Lipinski definition) is 16. The second-order valence-corrected chi connectivity index (χ2v) is 14.3. The summed E-state index contributed by atoms with van der Waals surface area (Å²) < 4.78 is 28.6. The molecule has 0 saturated carbocycles. The van der Waals surface area contributed by atoms with E-state index in [-0.39, 0.29) is 22.6 Å². The fourth-order valence-corrected chi connectivity index (χ4v) is 6.33. The van der Waals surface area contributed by atoms with Crippen molar-refractivity contribution in [1.82, 2.24) is 0 Å². The first-order valence-electron chi connectivity index (χ1n) is 19.4. The van der Waals surface area contributed by atoms with Gasteiger partial charge < -0.3 is 69.6 Å². The molecule has 2 heterocycles. The molecule has 1 aromatic carbocycles. The Balaban J connectivity index is 1.89. The Morgan fingerprint density at radius 2 is 1.63 bits per heavy atom. The van der Waals surface area contributed by atoms with E-state index in [1.165, 1.54) is 19.1 Å². The minimum Gasteiger partial charge on any atom is -0.508 e. The van der Waals surface area contributed by atoms with Gasteiger partial charge in [0.05, 0.1) is 19.3 Å². The molecule has 0 radical (unpaired) electrons. The van der Waals surface area contributed by atoms with Crippen LogP contribution in [0.5, 0.6) is 11.5 Å². The lowest BCUT2D eigenvalue weighted by atomic mass is 9.88. The maximum Gasteiger partial charge on any atom is 0.334 e. The van der Waals surface area contributed by atoms with E-state index in [2.05, 4.69) is 6.92 Å². The van der Waals surface area contributed by atoms with Gasteiger partial charge in [-0.2, -0.15) is 0 Å². The van der Waals surface area contributed by atoms with E-state index in [1.54, 1.807) is 18.2 Å². The molecule has 2 aliphatic heterocycles. The van der Waals surface area contributed by atoms with Gasteiger partial charge in [0.2, 0.25) is 0 Å². The number of benzene rings is 1. The second-order valence-electron chi connectivity index (χ2n) is 14.3. The van der Waals surface area contributed by atoms with E-state index in [1.807, 2.05) is 19.9 Å². The van der Waals surface area contributed by atoms with Gasteiger partial charge in [0.1, 0.15) is 66.9 Å². The molecular formula is C41H60O16. The van der Waals surface area contributed by atoms with E-state index in [4.69, 9.17) is 23.7 Å². The minimum atomic E-state index is -1.95. The summed E-state index contributed by atoms with van der Waals surface area (Å²) in [6.45, 7) is 5.21. The maximum atomic E-state index is 13.5. The van der Waals surface area contributed by atoms with Crippen LogP contribution in [0.25, 0.3) is 0 Å². The van der Waals surface area contributed by atoms with Crippen LogP contribution in [0.2, 0.25) is 0 Å². The zero-order valence-electron chi connectivity index (χ0n) is 32.9. The average molecular weight is 809 g/mol. The van der Waals surface area contributed by atoms with Gasteiger partial charge in [0.15, 0.2) is 12.4 Å². The molecule has 2 aliphatic rings. The number of phenols is 2. The van der Waals surface area contributed by atoms with Crippen LogP contribution in [0.1, 0.15) is 83.5 Å². The van der Waals surface area contributed by atoms with E-state index < -0.39 is 111 Å². The Morgan fingerprint density at radius 3 is 2.30 bits per heavy atom. The molecule has 1 aromatic rings. The Bertz CT molecular complexity index is 1540. The number of phenolic OH excluding ortho intramolecular Hbond substituents is 2. The predicted octanol–water partition coefficient (Wildman–Crippen LogP) is 2.02. The van der Waals surface area contributed by atoms with Crippen molar-refractivity contribution in [3.63, 3.8) is 0 Å². The third kappa shape index (κ3) is 13.4. The van der Waals surface area contributed by atoms with Crippen LogP contribution in [0.15, 0.2) is 60.2 Å². The molecule has 0 aliphatic carbocycles. The van der Waals surface area contributed by atoms with Crippen molar-refractivity contribution in [1.29, 1.82) is 0 Å². The Hall–Kier alpha value is -3.68. The molecule has 320 valence electrons. The molecule has 0 bridgehead atoms. The maximum absolute atomic E-state index is 13.5. The van der Waals surface area contributed by atoms with Gasteiger partial charge >= 0.3 is 11.9 Å². The fourth-order valence-electron chi connectivity index (χ4n) is 6.33. The topological polar surface area (TPSA) is 262 Å². The molecule has 12 atom stereocenters. The fraction of sp³-hybridized carbons (Fsp3) is 0.610. The van der Waals surface area contributed by atoms with Gasteiger partial charge in [0, 0.05) is 23.3 Å². The molecule has 3 rings (SSSR count). The molecule has 0 amide bonds. The number of aromatic hydroxyl groups is 2. The highest BCUT2D eigenvalue weighted by atomic mass is 16.7. The van der Waals surface area contributed by atoms with Crippen molar-refractivity contribution in [2.75, 3.05) is 13.2 Å². The summed E-state index contributed by atoms with van der Waals surface area (Å²) in [6.07, 6.45) is -1.90. The van der Waals surface area contributed by atoms with Crippen LogP contribution in [0, 0.1) is 5.92 Å². The van der Waals surface area contributed by atoms with Gasteiger partial charge in [-0.3, -0.25) is 0 Å². The number of esters is 2. The van der Waals surface area contributed by atoms with Gasteiger partial charge in [-0.25, -0.2) is 9.59 Å². The van der Waals surface area contributed by atoms with Crippen molar-refractivity contribution >= 4 is 11.9 Å². The first-order valence-corrected chi connectivity index (χ1v) is 19.4. The summed E-state index contributed by atoms with van der Waals surface area (Å²) in [6, 6.07) is 2.06. The standard InChI is InChI=1S/C41H60O16/c1-5-7-8-9-10-11-12-17-31(47)53-22-30-33(48)34(49)35(50)41(55-30)57-37-29(21-43)54-38(32-25(20-42)18-26(44)19-28(32)46)36(51)39(37)56-40(52)24(4)15-13-14-16-27(45)23(3)6-2/h10-15,17-19,23,27,29-30,33-39,41-46,48-51H,5-9,16,20-22H2,1-4H3/b11-10?,14-13?,17-12+,24-15?. The molecule has 0 spiro atoms. The molecule has 57 heavy (non-hydrogen) atoms. The van der Waals surface area contributed by atoms with Crippen molar-refractivity contribution < 1.29 is 79.2 Å². The molecule has 2 saturated heterocycles. The van der Waals surface area contributed by atoms with Crippen LogP contribution < -0.4 is 0 Å². The first-order chi connectivity index (χ1) is 27.2. The number of allylic oxidation sites excluding steroid dienone is 5. The number of rotatable bonds is 20. The molecular weight excluding hydrogens is 748 g/mol. The van der Waals surface area contributed by atoms with Crippen molar-refractivity contribution in [2.24, 2.45) is 5.92 Å². The van der Waals surface area contributed by atoms with Crippen LogP contribution in [0.3, 0.4) is 0 Å². The van der Waals surface area contributed by atoms with Gasteiger partial charge in [0.25, 0.3) is 0 Å². The van der Waals surface area contributed by atoms with Gasteiger partial charge in [-0.1, -0.05) is 76.5 Å². The predicted molar refractivity (Wildman–Crippen MR) is 204 cm³/mol. The Labute approximate surface area is 332 Å². The summed E-state index contributed by atoms with van der Waals surface area (Å²) in [5.74, 6) is -2.70. The monoisotopic (exact) mass is 808 g/mol. The number of ether oxygens (including phenoxy) is 5. The number of hydrogen-bond donors (Lipinski definition) is 9. The number of unbranched alkanes of at least 4 members (excludes halogenated alkanes) is 3. The highest BCUT2D eigenvalue weighted by Gasteiger charge is 2.53. The van der Waals surface area contributed by atoms with Gasteiger partial charge in [-0.15, -0.1) is 0 Å². The lowest BCUT2D eigenvalue weighted by Gasteiger charge is -2.47. The smallest absolute Gasteiger partial charge is 0.334 e. The summed E-state index contributed by atoms with van der Waals surface area (Å²) in [5, 5.41) is 95.7. The third-order valence-electron chi connectivity index (χ3n) is 10.1. The summed E-state index contributed by atoms with van der Waals surface area (Å²) in [5.41, 5.74) is -0.208. The van der Waals surface area contributed by atoms with Crippen molar-refractivity contribution in [3.8, 4) is 11.5 Å². The molecule has 16 heteroatoms. The number of aliphatic hydroxyl groups excluding tert-OH is 7. The number of carbonyl (C=O) groups excluding carboxylic acids is 2. The summed E-state index contributed by atoms with van der Waals surface area (Å²) in [7, 11) is 0. The first kappa shape index (κ1) is 47.7. The van der Waals surface area contributed by atoms with Crippen molar-refractivity contribution in [3.05, 3.63) is 71.4 Å². The van der Waals surface area contributed by atoms with Gasteiger partial charge in [-0.05, 0) is 43.7 Å². The largest absolute Gasteiger partial charge is 0.508 e. The van der Waals surface area contributed by atoms with Crippen LogP contribution >= 0.6 is 0 Å². The molecule has 0 aromatic heterocycles. The van der Waals surface area contributed by atoms with E-state index >= 15 is 0 Å². The van der Waals surface area contributed by atoms with E-state index in [0.29, 0.717) is 6.42 Å². The molecule has 2 fully saturated rings. The lowest BCUT2D eigenvalue weighted by molar-refractivity contribution is -0.343. The number of carbonyl (C=O) groups is 2. The lowest BCUT2D eigenvalue weighted by Crippen LogP contribution is -2.64. The summed E-state index contributed by atoms with van der Waals surface area (Å²) >= 11 is 0. The zero-order valence-corrected chi connectivity index (χ0v) is 32.9. The average Bonchev–Trinajstić information content (AvgIpc) is 3.19. The quantitative estimate of drug-likeness (QED) is 0.0395. The highest BCUT2D eigenvalue weighted by molar-refractivity contribution is 5.88. The zero-order chi connectivity index (χ0) is 42.2. The summed E-state index contributed by atoms with van der Waals surface area (Å²) in [4.78, 5) is 25.9. The van der Waals surface area contributed by atoms with Crippen LogP contribution in [-0.2, 0) is 39.9 Å². The number of aliphatic hydroxyl groups is 7. The Morgan fingerprint density at radius 1 is 0.895 bits per heavy atom.